The number of rotatable bonds is 7. The zero-order chi connectivity index (χ0) is 34.7. The normalized spacial score (nSPS) is 16.0. The van der Waals surface area contributed by atoms with Crippen molar-refractivity contribution in [3.63, 3.8) is 0 Å². The van der Waals surface area contributed by atoms with Crippen molar-refractivity contribution in [1.82, 2.24) is 0 Å². The summed E-state index contributed by atoms with van der Waals surface area (Å²) in [5.74, 6) is 0.955. The number of nitrogens with zero attached hydrogens (tertiary/aromatic N) is 2. The van der Waals surface area contributed by atoms with Crippen LogP contribution in [-0.4, -0.2) is 12.2 Å². The Morgan fingerprint density at radius 3 is 1.25 bits per heavy atom. The molecule has 9 rings (SSSR count). The fourth-order valence-electron chi connectivity index (χ4n) is 8.72. The quantitative estimate of drug-likeness (QED) is 0.172. The Morgan fingerprint density at radius 2 is 0.843 bits per heavy atom. The van der Waals surface area contributed by atoms with Crippen molar-refractivity contribution in [2.24, 2.45) is 10.4 Å². The van der Waals surface area contributed by atoms with E-state index in [1.54, 1.807) is 43.5 Å². The Labute approximate surface area is 294 Å². The fourth-order valence-corrected chi connectivity index (χ4v) is 8.72. The van der Waals surface area contributed by atoms with E-state index in [1.807, 2.05) is 48.5 Å². The minimum atomic E-state index is -0.820. The largest absolute Gasteiger partial charge is 0.508 e. The van der Waals surface area contributed by atoms with Gasteiger partial charge in [0, 0.05) is 0 Å². The van der Waals surface area contributed by atoms with Gasteiger partial charge in [0.05, 0.1) is 17.9 Å². The van der Waals surface area contributed by atoms with Gasteiger partial charge in [-0.15, -0.1) is 9.81 Å². The first kappa shape index (κ1) is 30.4. The Balaban J connectivity index is 1.44. The maximum atomic E-state index is 11.6. The first-order valence-corrected chi connectivity index (χ1v) is 16.7. The minimum absolute atomic E-state index is 0.195. The van der Waals surface area contributed by atoms with Crippen LogP contribution < -0.4 is 4.74 Å². The van der Waals surface area contributed by atoms with E-state index in [0.717, 1.165) is 72.5 Å². The van der Waals surface area contributed by atoms with Gasteiger partial charge in [-0.3, -0.25) is 0 Å². The number of methoxy groups -OCH3 is 1. The van der Waals surface area contributed by atoms with Gasteiger partial charge in [-0.05, 0) is 132 Å². The molecular weight excluding hydrogens is 633 g/mol. The van der Waals surface area contributed by atoms with Gasteiger partial charge >= 0.3 is 0 Å². The summed E-state index contributed by atoms with van der Waals surface area (Å²) in [6.45, 7) is 0. The molecule has 0 heterocycles. The van der Waals surface area contributed by atoms with Gasteiger partial charge in [0.1, 0.15) is 22.9 Å². The van der Waals surface area contributed by atoms with Gasteiger partial charge in [-0.2, -0.15) is 0 Å². The third-order valence-electron chi connectivity index (χ3n) is 10.8. The number of fused-ring (bicyclic) bond motifs is 6. The van der Waals surface area contributed by atoms with Crippen molar-refractivity contribution in [1.29, 1.82) is 0 Å². The Morgan fingerprint density at radius 1 is 0.451 bits per heavy atom. The van der Waals surface area contributed by atoms with Crippen LogP contribution in [0.25, 0.3) is 22.3 Å². The molecule has 51 heavy (non-hydrogen) atoms. The van der Waals surface area contributed by atoms with E-state index >= 15 is 0 Å². The molecule has 0 amide bonds. The molecule has 0 radical (unpaired) electrons. The van der Waals surface area contributed by atoms with Gasteiger partial charge in [-0.1, -0.05) is 103 Å². The van der Waals surface area contributed by atoms with Crippen molar-refractivity contribution in [2.75, 3.05) is 7.11 Å². The SMILES string of the molecule is COc1ccc(C2(c3ccc(O)cc3)c3ccccc3-c3cc4c(cc32)C(c2ccc(N=O)cc2)(c2ccc(N=O)cc2)c2ccccc2-4)cc1. The lowest BCUT2D eigenvalue weighted by atomic mass is 9.64. The first-order valence-electron chi connectivity index (χ1n) is 16.7. The Hall–Kier alpha value is -6.66. The predicted octanol–water partition coefficient (Wildman–Crippen LogP) is 10.9. The fraction of sp³-hybridized carbons (Fsp3) is 0.0667. The highest BCUT2D eigenvalue weighted by Crippen LogP contribution is 2.62. The number of phenols is 1. The van der Waals surface area contributed by atoms with E-state index in [1.165, 1.54) is 0 Å². The zero-order valence-electron chi connectivity index (χ0n) is 27.6. The lowest BCUT2D eigenvalue weighted by molar-refractivity contribution is 0.414. The minimum Gasteiger partial charge on any atom is -0.508 e. The van der Waals surface area contributed by atoms with Crippen molar-refractivity contribution >= 4 is 11.4 Å². The molecule has 0 aromatic heterocycles. The molecule has 0 spiro atoms. The van der Waals surface area contributed by atoms with Gasteiger partial charge in [-0.25, -0.2) is 0 Å². The lowest BCUT2D eigenvalue weighted by Gasteiger charge is -2.37. The van der Waals surface area contributed by atoms with Crippen LogP contribution >= 0.6 is 0 Å². The van der Waals surface area contributed by atoms with E-state index in [-0.39, 0.29) is 5.75 Å². The average molecular weight is 663 g/mol. The molecule has 2 aliphatic rings. The highest BCUT2D eigenvalue weighted by Gasteiger charge is 2.51. The van der Waals surface area contributed by atoms with Crippen LogP contribution in [0.15, 0.2) is 168 Å². The van der Waals surface area contributed by atoms with E-state index in [2.05, 4.69) is 83.2 Å². The van der Waals surface area contributed by atoms with Gasteiger partial charge < -0.3 is 9.84 Å². The van der Waals surface area contributed by atoms with Crippen LogP contribution in [0.2, 0.25) is 0 Å². The molecule has 6 heteroatoms. The summed E-state index contributed by atoms with van der Waals surface area (Å²) in [4.78, 5) is 23.2. The number of aromatic hydroxyl groups is 1. The van der Waals surface area contributed by atoms with E-state index < -0.39 is 10.8 Å². The third-order valence-corrected chi connectivity index (χ3v) is 10.8. The van der Waals surface area contributed by atoms with Crippen LogP contribution in [0.5, 0.6) is 11.5 Å². The van der Waals surface area contributed by atoms with Crippen LogP contribution in [0.1, 0.15) is 44.5 Å². The second-order valence-corrected chi connectivity index (χ2v) is 13.1. The molecule has 2 aliphatic carbocycles. The molecule has 0 saturated carbocycles. The predicted molar refractivity (Wildman–Crippen MR) is 200 cm³/mol. The molecule has 1 atom stereocenters. The number of benzene rings is 7. The molecule has 6 nitrogen and oxygen atoms in total. The third kappa shape index (κ3) is 4.17. The van der Waals surface area contributed by atoms with Crippen molar-refractivity contribution in [3.8, 4) is 33.8 Å². The van der Waals surface area contributed by atoms with Crippen molar-refractivity contribution in [3.05, 3.63) is 212 Å². The van der Waals surface area contributed by atoms with E-state index in [0.29, 0.717) is 11.4 Å². The molecule has 7 aromatic rings. The van der Waals surface area contributed by atoms with Crippen LogP contribution in [-0.2, 0) is 10.8 Å². The van der Waals surface area contributed by atoms with Crippen molar-refractivity contribution in [2.45, 2.75) is 10.8 Å². The molecule has 1 N–H and O–H groups in total. The molecule has 0 bridgehead atoms. The number of hydrogen-bond acceptors (Lipinski definition) is 6. The molecule has 7 aromatic carbocycles. The van der Waals surface area contributed by atoms with E-state index in [9.17, 15) is 14.9 Å². The second kappa shape index (κ2) is 11.5. The highest BCUT2D eigenvalue weighted by molar-refractivity contribution is 5.95. The zero-order valence-corrected chi connectivity index (χ0v) is 27.6. The van der Waals surface area contributed by atoms with Crippen LogP contribution in [0.3, 0.4) is 0 Å². The first-order chi connectivity index (χ1) is 25.0. The summed E-state index contributed by atoms with van der Waals surface area (Å²) in [5, 5.41) is 16.9. The standard InChI is InChI=1S/C45H30N2O4/c1-51-35-24-16-31(17-25-35)45(30-14-22-34(48)23-15-30)41-9-5-3-7-37(41)39-26-38-36-6-2-4-8-40(36)44(42(38)27-43(39)45,28-10-18-32(46-49)19-11-28)29-12-20-33(47-50)21-13-29/h2-27,48H,1H3. The summed E-state index contributed by atoms with van der Waals surface area (Å²) in [6.07, 6.45) is 0. The number of ether oxygens (including phenoxy) is 1. The van der Waals surface area contributed by atoms with Gasteiger partial charge in [0.25, 0.3) is 0 Å². The molecule has 1 unspecified atom stereocenters. The summed E-state index contributed by atoms with van der Waals surface area (Å²) in [7, 11) is 1.67. The molecular formula is C45H30N2O4. The van der Waals surface area contributed by atoms with Crippen LogP contribution in [0.4, 0.5) is 11.4 Å². The van der Waals surface area contributed by atoms with E-state index in [4.69, 9.17) is 4.74 Å². The molecule has 244 valence electrons. The molecule has 0 fully saturated rings. The smallest absolute Gasteiger partial charge is 0.118 e. The monoisotopic (exact) mass is 662 g/mol. The molecule has 0 saturated heterocycles. The second-order valence-electron chi connectivity index (χ2n) is 13.1. The van der Waals surface area contributed by atoms with Crippen LogP contribution in [0, 0.1) is 9.81 Å². The number of phenolic OH excluding ortho intramolecular Hbond substituents is 1. The van der Waals surface area contributed by atoms with Gasteiger partial charge in [0.15, 0.2) is 0 Å². The lowest BCUT2D eigenvalue weighted by Crippen LogP contribution is -2.31. The Bertz CT molecular complexity index is 2440. The number of hydrogen-bond donors (Lipinski definition) is 1. The topological polar surface area (TPSA) is 88.3 Å². The summed E-state index contributed by atoms with van der Waals surface area (Å²) >= 11 is 0. The summed E-state index contributed by atoms with van der Waals surface area (Å²) in [6, 6.07) is 52.4. The maximum Gasteiger partial charge on any atom is 0.118 e. The molecule has 0 aliphatic heterocycles. The summed E-state index contributed by atoms with van der Waals surface area (Å²) < 4.78 is 5.59. The Kier molecular flexibility index (Phi) is 6.83. The summed E-state index contributed by atoms with van der Waals surface area (Å²) in [5.41, 5.74) is 12.0. The highest BCUT2D eigenvalue weighted by atomic mass is 16.5. The van der Waals surface area contributed by atoms with Crippen molar-refractivity contribution < 1.29 is 9.84 Å². The van der Waals surface area contributed by atoms with Gasteiger partial charge in [0.2, 0.25) is 0 Å². The number of nitroso groups, excluding NO2 is 2. The average Bonchev–Trinajstić information content (AvgIpc) is 3.65. The maximum absolute atomic E-state index is 11.6.